The summed E-state index contributed by atoms with van der Waals surface area (Å²) < 4.78 is 17.1. The number of fused-ring (bicyclic) bond motifs is 1. The molecular weight excluding hydrogens is 458 g/mol. The lowest BCUT2D eigenvalue weighted by atomic mass is 9.39. The van der Waals surface area contributed by atoms with E-state index in [2.05, 4.69) is 18.4 Å². The van der Waals surface area contributed by atoms with Crippen molar-refractivity contribution in [2.75, 3.05) is 20.8 Å². The van der Waals surface area contributed by atoms with Crippen molar-refractivity contribution in [3.05, 3.63) is 35.9 Å². The number of hydrogen-bond donors (Lipinski definition) is 2. The van der Waals surface area contributed by atoms with E-state index in [0.717, 1.165) is 37.8 Å². The molecule has 12 atom stereocenters. The van der Waals surface area contributed by atoms with Gasteiger partial charge in [0, 0.05) is 42.2 Å². The minimum absolute atomic E-state index is 0.0302. The molecule has 3 heterocycles. The Morgan fingerprint density at radius 1 is 1.17 bits per heavy atom. The van der Waals surface area contributed by atoms with Gasteiger partial charge in [-0.2, -0.15) is 0 Å². The first-order valence-corrected chi connectivity index (χ1v) is 13.5. The summed E-state index contributed by atoms with van der Waals surface area (Å²) in [5.74, 6) is 1.06. The molecule has 3 saturated heterocycles. The van der Waals surface area contributed by atoms with Crippen LogP contribution in [0.4, 0.5) is 0 Å². The zero-order valence-corrected chi connectivity index (χ0v) is 21.2. The number of esters is 1. The lowest BCUT2D eigenvalue weighted by Crippen LogP contribution is -2.72. The average Bonchev–Trinajstić information content (AvgIpc) is 3.22. The Morgan fingerprint density at radius 3 is 2.69 bits per heavy atom. The third-order valence-corrected chi connectivity index (χ3v) is 12.2. The molecule has 2 spiro atoms. The number of methoxy groups -OCH3 is 2. The molecule has 7 nitrogen and oxygen atoms in total. The van der Waals surface area contributed by atoms with Crippen molar-refractivity contribution in [3.8, 4) is 11.5 Å². The van der Waals surface area contributed by atoms with Crippen LogP contribution >= 0.6 is 0 Å². The van der Waals surface area contributed by atoms with Crippen LogP contribution < -0.4 is 9.47 Å². The summed E-state index contributed by atoms with van der Waals surface area (Å²) in [6.45, 7) is 7.71. The second-order valence-electron chi connectivity index (χ2n) is 13.1. The number of aliphatic hydroxyl groups excluding tert-OH is 1. The highest BCUT2D eigenvalue weighted by Crippen LogP contribution is 2.89. The number of ether oxygens (including phenoxy) is 3. The first-order valence-electron chi connectivity index (χ1n) is 13.5. The van der Waals surface area contributed by atoms with Gasteiger partial charge in [0.15, 0.2) is 11.5 Å². The number of hydrogen-bond acceptors (Lipinski definition) is 7. The van der Waals surface area contributed by atoms with Gasteiger partial charge in [-0.25, -0.2) is 4.79 Å². The maximum absolute atomic E-state index is 13.6. The maximum Gasteiger partial charge on any atom is 0.338 e. The fourth-order valence-electron chi connectivity index (χ4n) is 11.9. The van der Waals surface area contributed by atoms with Gasteiger partial charge in [-0.1, -0.05) is 19.9 Å². The molecular formula is C29H35NO6. The Labute approximate surface area is 211 Å². The summed E-state index contributed by atoms with van der Waals surface area (Å²) in [4.78, 5) is 16.0. The van der Waals surface area contributed by atoms with Crippen molar-refractivity contribution in [2.24, 2.45) is 39.9 Å². The molecule has 6 saturated carbocycles. The van der Waals surface area contributed by atoms with Crippen LogP contribution in [0.2, 0.25) is 0 Å². The number of rotatable bonds is 4. The van der Waals surface area contributed by atoms with E-state index in [4.69, 9.17) is 14.2 Å². The number of carbonyl (C=O) groups is 1. The van der Waals surface area contributed by atoms with Crippen LogP contribution in [0.1, 0.15) is 49.4 Å². The van der Waals surface area contributed by atoms with Gasteiger partial charge < -0.3 is 24.4 Å². The molecule has 1 aromatic carbocycles. The Hall–Kier alpha value is -2.09. The molecule has 3 aliphatic heterocycles. The van der Waals surface area contributed by atoms with Gasteiger partial charge in [-0.05, 0) is 59.8 Å². The van der Waals surface area contributed by atoms with E-state index >= 15 is 0 Å². The molecule has 2 unspecified atom stereocenters. The average molecular weight is 494 g/mol. The number of carbonyl (C=O) groups excluding carboxylic acids is 1. The van der Waals surface area contributed by atoms with E-state index in [1.807, 2.05) is 0 Å². The van der Waals surface area contributed by atoms with Gasteiger partial charge in [-0.3, -0.25) is 4.90 Å². The van der Waals surface area contributed by atoms with Crippen LogP contribution in [0.3, 0.4) is 0 Å². The van der Waals surface area contributed by atoms with Crippen LogP contribution in [-0.2, 0) is 4.74 Å². The Bertz CT molecular complexity index is 1230. The molecule has 10 rings (SSSR count). The number of aliphatic hydroxyl groups is 2. The summed E-state index contributed by atoms with van der Waals surface area (Å²) in [6, 6.07) is 5.32. The fraction of sp³-hybridized carbons (Fsp3) is 0.690. The lowest BCUT2D eigenvalue weighted by Gasteiger charge is -2.67. The smallest absolute Gasteiger partial charge is 0.338 e. The van der Waals surface area contributed by atoms with E-state index < -0.39 is 29.3 Å². The predicted octanol–water partition coefficient (Wildman–Crippen LogP) is 3.00. The quantitative estimate of drug-likeness (QED) is 0.493. The summed E-state index contributed by atoms with van der Waals surface area (Å²) >= 11 is 0. The summed E-state index contributed by atoms with van der Waals surface area (Å²) in [5.41, 5.74) is -0.144. The predicted molar refractivity (Wildman–Crippen MR) is 129 cm³/mol. The molecule has 1 aromatic rings. The monoisotopic (exact) mass is 493 g/mol. The Morgan fingerprint density at radius 2 is 1.94 bits per heavy atom. The van der Waals surface area contributed by atoms with Gasteiger partial charge in [0.25, 0.3) is 0 Å². The summed E-state index contributed by atoms with van der Waals surface area (Å²) in [6.07, 6.45) is 3.77. The molecule has 192 valence electrons. The molecule has 0 amide bonds. The normalized spacial score (nSPS) is 54.2. The zero-order valence-electron chi connectivity index (χ0n) is 21.2. The second kappa shape index (κ2) is 6.30. The van der Waals surface area contributed by atoms with E-state index in [0.29, 0.717) is 29.4 Å². The maximum atomic E-state index is 13.6. The molecule has 2 N–H and O–H groups in total. The first-order chi connectivity index (χ1) is 17.2. The topological polar surface area (TPSA) is 88.5 Å². The van der Waals surface area contributed by atoms with Crippen LogP contribution in [0.25, 0.3) is 0 Å². The Balaban J connectivity index is 1.23. The fourth-order valence-corrected chi connectivity index (χ4v) is 11.9. The van der Waals surface area contributed by atoms with Crippen LogP contribution in [0, 0.1) is 39.9 Å². The van der Waals surface area contributed by atoms with E-state index in [1.54, 1.807) is 32.4 Å². The molecule has 9 bridgehead atoms. The number of benzene rings is 1. The largest absolute Gasteiger partial charge is 0.493 e. The first kappa shape index (κ1) is 21.9. The van der Waals surface area contributed by atoms with Gasteiger partial charge >= 0.3 is 5.97 Å². The number of nitrogens with zero attached hydrogens (tertiary/aromatic N) is 1. The van der Waals surface area contributed by atoms with Crippen molar-refractivity contribution in [3.63, 3.8) is 0 Å². The highest BCUT2D eigenvalue weighted by atomic mass is 16.5. The highest BCUT2D eigenvalue weighted by Gasteiger charge is 2.93. The van der Waals surface area contributed by atoms with Crippen LogP contribution in [-0.4, -0.2) is 65.8 Å². The van der Waals surface area contributed by atoms with Crippen molar-refractivity contribution >= 4 is 5.97 Å². The van der Waals surface area contributed by atoms with Crippen molar-refractivity contribution in [2.45, 2.75) is 63.0 Å². The minimum atomic E-state index is -0.884. The van der Waals surface area contributed by atoms with Gasteiger partial charge in [0.05, 0.1) is 25.9 Å². The third kappa shape index (κ3) is 1.99. The molecule has 0 radical (unpaired) electrons. The van der Waals surface area contributed by atoms with Crippen LogP contribution in [0.15, 0.2) is 30.4 Å². The summed E-state index contributed by atoms with van der Waals surface area (Å²) in [7, 11) is 3.11. The van der Waals surface area contributed by atoms with Crippen molar-refractivity contribution < 1.29 is 29.2 Å². The zero-order chi connectivity index (χ0) is 25.0. The molecule has 7 heteroatoms. The SMILES string of the molecule is C=C1[C@H]2C[C@@H]3C4N5C[C@]6(C)CCC[C@@]47[C@@H]6[C@@]5(O)C[C@]3([C@@H]1OC(=O)c1ccc(OC)c(OC)c1)[C@H]7[C@H]2O. The van der Waals surface area contributed by atoms with Crippen molar-refractivity contribution in [1.82, 2.24) is 4.90 Å². The van der Waals surface area contributed by atoms with Gasteiger partial charge in [0.1, 0.15) is 11.8 Å². The molecule has 36 heavy (non-hydrogen) atoms. The van der Waals surface area contributed by atoms with E-state index in [9.17, 15) is 15.0 Å². The van der Waals surface area contributed by atoms with Crippen molar-refractivity contribution in [1.29, 1.82) is 0 Å². The molecule has 6 aliphatic carbocycles. The number of piperidine rings is 2. The second-order valence-corrected chi connectivity index (χ2v) is 13.1. The minimum Gasteiger partial charge on any atom is -0.493 e. The highest BCUT2D eigenvalue weighted by molar-refractivity contribution is 5.90. The van der Waals surface area contributed by atoms with Crippen LogP contribution in [0.5, 0.6) is 11.5 Å². The summed E-state index contributed by atoms with van der Waals surface area (Å²) in [5, 5.41) is 24.2. The van der Waals surface area contributed by atoms with Gasteiger partial charge in [-0.15, -0.1) is 0 Å². The van der Waals surface area contributed by atoms with Gasteiger partial charge in [0.2, 0.25) is 0 Å². The molecule has 9 fully saturated rings. The van der Waals surface area contributed by atoms with E-state index in [1.165, 1.54) is 0 Å². The Kier molecular flexibility index (Phi) is 3.84. The third-order valence-electron chi connectivity index (χ3n) is 12.2. The lowest BCUT2D eigenvalue weighted by molar-refractivity contribution is -0.271. The standard InChI is InChI=1S/C29H35NO6/c1-14-16-11-17-22-27-9-5-8-26(2)13-30(22)29(33,25(26)27)12-28(17,21(27)20(16)31)23(14)36-24(32)15-6-7-18(34-3)19(10-15)35-4/h6-7,10,16-17,20-23,25,31,33H,1,5,8-9,11-13H2,2-4H3/t16-,17-,20+,21+,22?,23-,25-,26+,27+,28-,29+/m1/s1. The molecule has 9 aliphatic rings. The van der Waals surface area contributed by atoms with E-state index in [-0.39, 0.29) is 34.6 Å². The molecule has 0 aromatic heterocycles.